The topological polar surface area (TPSA) is 70.0 Å². The average Bonchev–Trinajstić information content (AvgIpc) is 3.50. The number of likely N-dealkylation sites (tertiary alicyclic amines) is 2. The van der Waals surface area contributed by atoms with Gasteiger partial charge in [0.25, 0.3) is 5.91 Å². The maximum atomic E-state index is 13.3. The fourth-order valence-electron chi connectivity index (χ4n) is 5.29. The van der Waals surface area contributed by atoms with Crippen molar-refractivity contribution in [3.63, 3.8) is 0 Å². The van der Waals surface area contributed by atoms with Crippen LogP contribution in [0.3, 0.4) is 0 Å². The minimum Gasteiger partial charge on any atom is -0.350 e. The van der Waals surface area contributed by atoms with Crippen LogP contribution in [0.25, 0.3) is 5.52 Å². The monoisotopic (exact) mass is 479 g/mol. The molecular weight excluding hydrogens is 447 g/mol. The molecule has 0 aromatic carbocycles. The summed E-state index contributed by atoms with van der Waals surface area (Å²) in [6.45, 7) is 4.21. The Morgan fingerprint density at radius 3 is 2.71 bits per heavy atom. The van der Waals surface area contributed by atoms with E-state index in [2.05, 4.69) is 15.2 Å². The molecule has 0 radical (unpaired) electrons. The van der Waals surface area contributed by atoms with Gasteiger partial charge in [0.1, 0.15) is 0 Å². The van der Waals surface area contributed by atoms with Gasteiger partial charge in [0, 0.05) is 31.7 Å². The van der Waals surface area contributed by atoms with Gasteiger partial charge in [-0.25, -0.2) is 4.98 Å². The summed E-state index contributed by atoms with van der Waals surface area (Å²) in [6, 6.07) is 2.67. The van der Waals surface area contributed by atoms with E-state index in [1.807, 2.05) is 6.92 Å². The molecule has 2 amide bonds. The third-order valence-electron chi connectivity index (χ3n) is 7.12. The van der Waals surface area contributed by atoms with E-state index in [0.717, 1.165) is 25.9 Å². The van der Waals surface area contributed by atoms with Crippen LogP contribution in [0.2, 0.25) is 0 Å². The first kappa shape index (κ1) is 24.5. The Bertz CT molecular complexity index is 1000. The number of fused-ring (bicyclic) bond motifs is 1. The van der Waals surface area contributed by atoms with Crippen molar-refractivity contribution < 1.29 is 22.8 Å². The first-order chi connectivity index (χ1) is 16.3. The molecule has 4 rings (SSSR count). The number of imidazole rings is 1. The molecule has 2 aromatic rings. The van der Waals surface area contributed by atoms with Gasteiger partial charge in [-0.05, 0) is 63.2 Å². The zero-order chi connectivity index (χ0) is 24.3. The number of nitrogens with zero attached hydrogens (tertiary/aromatic N) is 4. The number of hydrogen-bond acceptors (Lipinski definition) is 4. The van der Waals surface area contributed by atoms with Crippen LogP contribution >= 0.6 is 0 Å². The molecule has 3 atom stereocenters. The second-order valence-electron chi connectivity index (χ2n) is 9.34. The van der Waals surface area contributed by atoms with Gasteiger partial charge < -0.3 is 14.6 Å². The van der Waals surface area contributed by atoms with Crippen molar-refractivity contribution in [1.82, 2.24) is 24.5 Å². The average molecular weight is 480 g/mol. The van der Waals surface area contributed by atoms with Crippen molar-refractivity contribution in [3.8, 4) is 0 Å². The van der Waals surface area contributed by atoms with Crippen molar-refractivity contribution in [2.75, 3.05) is 26.2 Å². The van der Waals surface area contributed by atoms with E-state index >= 15 is 0 Å². The number of pyridine rings is 1. The molecule has 0 unspecified atom stereocenters. The van der Waals surface area contributed by atoms with E-state index in [4.69, 9.17) is 0 Å². The van der Waals surface area contributed by atoms with Gasteiger partial charge in [-0.1, -0.05) is 6.92 Å². The maximum absolute atomic E-state index is 13.3. The van der Waals surface area contributed by atoms with Crippen molar-refractivity contribution in [2.24, 2.45) is 5.92 Å². The number of halogens is 3. The Hall–Kier alpha value is -2.62. The minimum absolute atomic E-state index is 0.0603. The second-order valence-corrected chi connectivity index (χ2v) is 9.34. The highest BCUT2D eigenvalue weighted by Gasteiger charge is 2.38. The van der Waals surface area contributed by atoms with Crippen LogP contribution < -0.4 is 5.32 Å². The Labute approximate surface area is 197 Å². The molecule has 0 spiro atoms. The molecule has 0 aliphatic carbocycles. The zero-order valence-electron chi connectivity index (χ0n) is 19.4. The van der Waals surface area contributed by atoms with Gasteiger partial charge in [-0.3, -0.25) is 14.5 Å². The third kappa shape index (κ3) is 5.54. The lowest BCUT2D eigenvalue weighted by atomic mass is 9.86. The number of piperidine rings is 1. The number of nitrogens with one attached hydrogen (secondary N) is 1. The summed E-state index contributed by atoms with van der Waals surface area (Å²) in [6.07, 6.45) is 2.97. The predicted octanol–water partition coefficient (Wildman–Crippen LogP) is 3.50. The van der Waals surface area contributed by atoms with Gasteiger partial charge in [0.05, 0.1) is 29.6 Å². The van der Waals surface area contributed by atoms with Crippen molar-refractivity contribution >= 4 is 17.3 Å². The van der Waals surface area contributed by atoms with Gasteiger partial charge in [-0.2, -0.15) is 13.2 Å². The Morgan fingerprint density at radius 1 is 1.24 bits per heavy atom. The van der Waals surface area contributed by atoms with Gasteiger partial charge in [0.2, 0.25) is 5.91 Å². The van der Waals surface area contributed by atoms with E-state index in [9.17, 15) is 22.8 Å². The van der Waals surface area contributed by atoms with Crippen LogP contribution in [0.4, 0.5) is 13.2 Å². The normalized spacial score (nSPS) is 22.8. The molecule has 4 heterocycles. The van der Waals surface area contributed by atoms with E-state index in [-0.39, 0.29) is 36.7 Å². The lowest BCUT2D eigenvalue weighted by Crippen LogP contribution is -2.57. The molecule has 2 aliphatic heterocycles. The highest BCUT2D eigenvalue weighted by Crippen LogP contribution is 2.30. The summed E-state index contributed by atoms with van der Waals surface area (Å²) in [5, 5.41) is 3.04. The highest BCUT2D eigenvalue weighted by atomic mass is 19.4. The first-order valence-electron chi connectivity index (χ1n) is 12.1. The van der Waals surface area contributed by atoms with Crippen LogP contribution in [-0.2, 0) is 4.79 Å². The summed E-state index contributed by atoms with van der Waals surface area (Å²) in [7, 11) is 0. The van der Waals surface area contributed by atoms with Crippen molar-refractivity contribution in [2.45, 2.75) is 63.7 Å². The number of carbonyl (C=O) groups excluding carboxylic acids is 2. The fraction of sp³-hybridized carbons (Fsp3) is 0.625. The minimum atomic E-state index is -4.25. The number of amides is 2. The molecule has 186 valence electrons. The summed E-state index contributed by atoms with van der Waals surface area (Å²) < 4.78 is 40.6. The molecule has 0 saturated carbocycles. The molecule has 2 aliphatic rings. The largest absolute Gasteiger partial charge is 0.389 e. The summed E-state index contributed by atoms with van der Waals surface area (Å²) in [5.41, 5.74) is 1.16. The second kappa shape index (κ2) is 10.3. The van der Waals surface area contributed by atoms with Crippen LogP contribution in [-0.4, -0.2) is 75.4 Å². The Kier molecular flexibility index (Phi) is 7.45. The summed E-state index contributed by atoms with van der Waals surface area (Å²) in [5.74, 6) is -0.693. The molecule has 2 saturated heterocycles. The fourth-order valence-corrected chi connectivity index (χ4v) is 5.29. The maximum Gasteiger partial charge on any atom is 0.389 e. The number of carbonyl (C=O) groups is 2. The number of alkyl halides is 3. The molecular formula is C24H32F3N5O2. The SMILES string of the molecule is CC[C@H](C(=O)N[C@@H]1CN(C(=O)c2cccn3cncc23)CC[C@H]1CCC(F)(F)F)N1CCCC1. The van der Waals surface area contributed by atoms with Gasteiger partial charge in [-0.15, -0.1) is 0 Å². The van der Waals surface area contributed by atoms with Gasteiger partial charge >= 0.3 is 6.18 Å². The summed E-state index contributed by atoms with van der Waals surface area (Å²) >= 11 is 0. The smallest absolute Gasteiger partial charge is 0.350 e. The van der Waals surface area contributed by atoms with Crippen LogP contribution in [0.15, 0.2) is 30.9 Å². The zero-order valence-corrected chi connectivity index (χ0v) is 19.4. The Balaban J connectivity index is 1.51. The molecule has 10 heteroatoms. The van der Waals surface area contributed by atoms with Crippen molar-refractivity contribution in [3.05, 3.63) is 36.4 Å². The van der Waals surface area contributed by atoms with Crippen LogP contribution in [0, 0.1) is 5.92 Å². The molecule has 0 bridgehead atoms. The van der Waals surface area contributed by atoms with E-state index in [1.165, 1.54) is 0 Å². The van der Waals surface area contributed by atoms with E-state index < -0.39 is 18.6 Å². The Morgan fingerprint density at radius 2 is 2.00 bits per heavy atom. The molecule has 2 fully saturated rings. The van der Waals surface area contributed by atoms with Crippen LogP contribution in [0.5, 0.6) is 0 Å². The lowest BCUT2D eigenvalue weighted by molar-refractivity contribution is -0.139. The van der Waals surface area contributed by atoms with Crippen molar-refractivity contribution in [1.29, 1.82) is 0 Å². The predicted molar refractivity (Wildman–Crippen MR) is 121 cm³/mol. The molecule has 2 aromatic heterocycles. The number of rotatable bonds is 7. The lowest BCUT2D eigenvalue weighted by Gasteiger charge is -2.40. The quantitative estimate of drug-likeness (QED) is 0.660. The molecule has 1 N–H and O–H groups in total. The number of aromatic nitrogens is 2. The summed E-state index contributed by atoms with van der Waals surface area (Å²) in [4.78, 5) is 34.4. The number of hydrogen-bond donors (Lipinski definition) is 1. The first-order valence-corrected chi connectivity index (χ1v) is 12.1. The molecule has 7 nitrogen and oxygen atoms in total. The molecule has 34 heavy (non-hydrogen) atoms. The third-order valence-corrected chi connectivity index (χ3v) is 7.12. The standard InChI is InChI=1S/C24H32F3N5O2/c1-2-20(30-10-3-4-11-30)22(33)29-19-15-31(13-8-17(19)7-9-24(25,26)27)23(34)18-6-5-12-32-16-28-14-21(18)32/h5-6,12,14,16-17,19-20H,2-4,7-11,13,15H2,1H3,(H,29,33)/t17-,19-,20-/m1/s1. The van der Waals surface area contributed by atoms with Gasteiger partial charge in [0.15, 0.2) is 0 Å². The van der Waals surface area contributed by atoms with E-state index in [0.29, 0.717) is 30.5 Å². The highest BCUT2D eigenvalue weighted by molar-refractivity contribution is 6.00. The van der Waals surface area contributed by atoms with Crippen LogP contribution in [0.1, 0.15) is 55.8 Å². The van der Waals surface area contributed by atoms with E-state index in [1.54, 1.807) is 40.2 Å².